The average Bonchev–Trinajstić information content (AvgIpc) is 2.49. The number of rotatable bonds is 5. The molecule has 0 aromatic heterocycles. The first-order valence-electron chi connectivity index (χ1n) is 9.60. The molecule has 22 heavy (non-hydrogen) atoms. The van der Waals surface area contributed by atoms with Gasteiger partial charge in [0.15, 0.2) is 0 Å². The molecule has 132 valence electrons. The fourth-order valence-corrected chi connectivity index (χ4v) is 3.46. The molecule has 1 saturated heterocycles. The van der Waals surface area contributed by atoms with E-state index in [0.29, 0.717) is 12.5 Å². The minimum atomic E-state index is 0.331. The summed E-state index contributed by atoms with van der Waals surface area (Å²) < 4.78 is 0. The second kappa shape index (κ2) is 11.4. The van der Waals surface area contributed by atoms with Gasteiger partial charge in [-0.25, -0.2) is 0 Å². The smallest absolute Gasteiger partial charge is 0.0433 e. The second-order valence-electron chi connectivity index (χ2n) is 7.84. The first-order chi connectivity index (χ1) is 10.5. The molecule has 3 nitrogen and oxygen atoms in total. The molecule has 0 amide bonds. The van der Waals surface area contributed by atoms with Crippen LogP contribution in [0.25, 0.3) is 0 Å². The van der Waals surface area contributed by atoms with Crippen molar-refractivity contribution in [2.45, 2.75) is 72.3 Å². The Morgan fingerprint density at radius 2 is 1.50 bits per heavy atom. The summed E-state index contributed by atoms with van der Waals surface area (Å²) in [6.45, 7) is 15.7. The Balaban J connectivity index is 0.000000346. The highest BCUT2D eigenvalue weighted by Gasteiger charge is 2.22. The number of aliphatic hydroxyl groups is 1. The highest BCUT2D eigenvalue weighted by atomic mass is 16.3. The quantitative estimate of drug-likeness (QED) is 0.840. The molecule has 0 spiro atoms. The van der Waals surface area contributed by atoms with Crippen molar-refractivity contribution in [3.8, 4) is 0 Å². The van der Waals surface area contributed by atoms with E-state index in [1.54, 1.807) is 0 Å². The molecule has 1 heterocycles. The Morgan fingerprint density at radius 1 is 0.909 bits per heavy atom. The van der Waals surface area contributed by atoms with Crippen LogP contribution in [0.2, 0.25) is 0 Å². The van der Waals surface area contributed by atoms with Gasteiger partial charge in [0.2, 0.25) is 0 Å². The lowest BCUT2D eigenvalue weighted by Gasteiger charge is -2.38. The summed E-state index contributed by atoms with van der Waals surface area (Å²) in [7, 11) is 0. The number of hydrogen-bond acceptors (Lipinski definition) is 3. The molecule has 0 atom stereocenters. The summed E-state index contributed by atoms with van der Waals surface area (Å²) in [4.78, 5) is 5.31. The van der Waals surface area contributed by atoms with Crippen LogP contribution in [0.1, 0.15) is 66.2 Å². The predicted molar refractivity (Wildman–Crippen MR) is 96.3 cm³/mol. The van der Waals surface area contributed by atoms with E-state index in [-0.39, 0.29) is 0 Å². The van der Waals surface area contributed by atoms with Gasteiger partial charge in [-0.1, -0.05) is 33.1 Å². The first-order valence-corrected chi connectivity index (χ1v) is 9.60. The molecule has 1 N–H and O–H groups in total. The van der Waals surface area contributed by atoms with E-state index in [1.807, 2.05) is 0 Å². The van der Waals surface area contributed by atoms with Crippen molar-refractivity contribution in [2.24, 2.45) is 11.8 Å². The summed E-state index contributed by atoms with van der Waals surface area (Å²) in [5, 5.41) is 8.24. The minimum absolute atomic E-state index is 0.331. The Hall–Kier alpha value is -0.120. The zero-order chi connectivity index (χ0) is 16.4. The Morgan fingerprint density at radius 3 is 1.91 bits per heavy atom. The molecule has 0 aromatic rings. The van der Waals surface area contributed by atoms with Crippen LogP contribution in [0.4, 0.5) is 0 Å². The van der Waals surface area contributed by atoms with Crippen molar-refractivity contribution in [1.29, 1.82) is 0 Å². The maximum atomic E-state index is 8.24. The largest absolute Gasteiger partial charge is 0.396 e. The molecule has 1 aliphatic heterocycles. The molecule has 0 aromatic carbocycles. The van der Waals surface area contributed by atoms with Crippen LogP contribution in [0.15, 0.2) is 0 Å². The van der Waals surface area contributed by atoms with Gasteiger partial charge in [0.25, 0.3) is 0 Å². The van der Waals surface area contributed by atoms with E-state index in [2.05, 4.69) is 37.5 Å². The van der Waals surface area contributed by atoms with Gasteiger partial charge in [0.05, 0.1) is 0 Å². The van der Waals surface area contributed by atoms with Gasteiger partial charge in [-0.15, -0.1) is 0 Å². The molecule has 1 saturated carbocycles. The van der Waals surface area contributed by atoms with Crippen LogP contribution in [-0.2, 0) is 0 Å². The van der Waals surface area contributed by atoms with Gasteiger partial charge >= 0.3 is 0 Å². The number of aliphatic hydroxyl groups excluding tert-OH is 1. The SMILES string of the molecule is CC(C)CCO.CC(C)N1CCN(CC2CCCCC2)CC1. The third-order valence-electron chi connectivity index (χ3n) is 5.08. The van der Waals surface area contributed by atoms with E-state index >= 15 is 0 Å². The molecular weight excluding hydrogens is 272 g/mol. The fraction of sp³-hybridized carbons (Fsp3) is 1.00. The van der Waals surface area contributed by atoms with Crippen molar-refractivity contribution in [3.63, 3.8) is 0 Å². The van der Waals surface area contributed by atoms with E-state index < -0.39 is 0 Å². The van der Waals surface area contributed by atoms with Gasteiger partial charge in [-0.2, -0.15) is 0 Å². The lowest BCUT2D eigenvalue weighted by Crippen LogP contribution is -2.49. The number of nitrogens with zero attached hydrogens (tertiary/aromatic N) is 2. The Labute approximate surface area is 139 Å². The Bertz CT molecular complexity index is 254. The Kier molecular flexibility index (Phi) is 10.3. The van der Waals surface area contributed by atoms with Crippen molar-refractivity contribution < 1.29 is 5.11 Å². The molecule has 2 aliphatic rings. The summed E-state index contributed by atoms with van der Waals surface area (Å²) >= 11 is 0. The average molecular weight is 313 g/mol. The van der Waals surface area contributed by atoms with Crippen molar-refractivity contribution in [2.75, 3.05) is 39.3 Å². The van der Waals surface area contributed by atoms with Crippen molar-refractivity contribution >= 4 is 0 Å². The lowest BCUT2D eigenvalue weighted by atomic mass is 9.89. The normalized spacial score (nSPS) is 22.0. The fourth-order valence-electron chi connectivity index (χ4n) is 3.46. The second-order valence-corrected chi connectivity index (χ2v) is 7.84. The highest BCUT2D eigenvalue weighted by molar-refractivity contribution is 4.77. The standard InChI is InChI=1S/C14H28N2.C5H12O/c1-13(2)16-10-8-15(9-11-16)12-14-6-4-3-5-7-14;1-5(2)3-4-6/h13-14H,3-12H2,1-2H3;5-6H,3-4H2,1-2H3. The lowest BCUT2D eigenvalue weighted by molar-refractivity contribution is 0.0909. The molecule has 2 fully saturated rings. The van der Waals surface area contributed by atoms with Crippen LogP contribution < -0.4 is 0 Å². The molecule has 1 aliphatic carbocycles. The van der Waals surface area contributed by atoms with Gasteiger partial charge in [-0.3, -0.25) is 4.90 Å². The van der Waals surface area contributed by atoms with Crippen molar-refractivity contribution in [1.82, 2.24) is 9.80 Å². The minimum Gasteiger partial charge on any atom is -0.396 e. The van der Waals surface area contributed by atoms with Crippen LogP contribution >= 0.6 is 0 Å². The van der Waals surface area contributed by atoms with Gasteiger partial charge in [-0.05, 0) is 44.9 Å². The molecule has 0 radical (unpaired) electrons. The van der Waals surface area contributed by atoms with Crippen LogP contribution in [0.5, 0.6) is 0 Å². The highest BCUT2D eigenvalue weighted by Crippen LogP contribution is 2.24. The summed E-state index contributed by atoms with van der Waals surface area (Å²) in [6.07, 6.45) is 8.36. The molecular formula is C19H40N2O. The molecule has 0 bridgehead atoms. The van der Waals surface area contributed by atoms with Crippen LogP contribution in [0.3, 0.4) is 0 Å². The zero-order valence-electron chi connectivity index (χ0n) is 15.6. The topological polar surface area (TPSA) is 26.7 Å². The first kappa shape index (κ1) is 19.9. The number of piperazine rings is 1. The summed E-state index contributed by atoms with van der Waals surface area (Å²) in [5.74, 6) is 1.66. The summed E-state index contributed by atoms with van der Waals surface area (Å²) in [6, 6.07) is 0.733. The van der Waals surface area contributed by atoms with E-state index in [4.69, 9.17) is 5.11 Å². The van der Waals surface area contributed by atoms with Gasteiger partial charge in [0, 0.05) is 45.4 Å². The van der Waals surface area contributed by atoms with Crippen LogP contribution in [-0.4, -0.2) is 60.3 Å². The third-order valence-corrected chi connectivity index (χ3v) is 5.08. The van der Waals surface area contributed by atoms with E-state index in [0.717, 1.165) is 18.4 Å². The third kappa shape index (κ3) is 8.50. The van der Waals surface area contributed by atoms with Gasteiger partial charge < -0.3 is 10.0 Å². The van der Waals surface area contributed by atoms with Crippen molar-refractivity contribution in [3.05, 3.63) is 0 Å². The number of hydrogen-bond donors (Lipinski definition) is 1. The zero-order valence-corrected chi connectivity index (χ0v) is 15.6. The van der Waals surface area contributed by atoms with Crippen LogP contribution in [0, 0.1) is 11.8 Å². The molecule has 0 unspecified atom stereocenters. The predicted octanol–water partition coefficient (Wildman–Crippen LogP) is 3.62. The summed E-state index contributed by atoms with van der Waals surface area (Å²) in [5.41, 5.74) is 0. The van der Waals surface area contributed by atoms with E-state index in [1.165, 1.54) is 64.8 Å². The monoisotopic (exact) mass is 312 g/mol. The van der Waals surface area contributed by atoms with Gasteiger partial charge in [0.1, 0.15) is 0 Å². The molecule has 2 rings (SSSR count). The maximum Gasteiger partial charge on any atom is 0.0433 e. The maximum absolute atomic E-state index is 8.24. The molecule has 3 heteroatoms. The van der Waals surface area contributed by atoms with E-state index in [9.17, 15) is 0 Å².